The fourth-order valence-corrected chi connectivity index (χ4v) is 3.21. The van der Waals surface area contributed by atoms with Crippen LogP contribution in [0.4, 0.5) is 5.69 Å². The lowest BCUT2D eigenvalue weighted by Crippen LogP contribution is -2.42. The minimum atomic E-state index is 0.198. The summed E-state index contributed by atoms with van der Waals surface area (Å²) in [7, 11) is 2.09. The van der Waals surface area contributed by atoms with Gasteiger partial charge in [-0.3, -0.25) is 9.78 Å². The Bertz CT molecular complexity index is 671. The summed E-state index contributed by atoms with van der Waals surface area (Å²) in [6.07, 6.45) is 2.98. The van der Waals surface area contributed by atoms with E-state index in [4.69, 9.17) is 0 Å². The van der Waals surface area contributed by atoms with Gasteiger partial charge >= 0.3 is 0 Å². The van der Waals surface area contributed by atoms with E-state index in [0.29, 0.717) is 19.4 Å². The average Bonchev–Trinajstić information content (AvgIpc) is 2.70. The molecule has 1 atom stereocenters. The minimum Gasteiger partial charge on any atom is -0.372 e. The Morgan fingerprint density at radius 2 is 2.00 bits per heavy atom. The Balaban J connectivity index is 1.72. The van der Waals surface area contributed by atoms with Crippen molar-refractivity contribution in [2.75, 3.05) is 18.5 Å². The number of pyridine rings is 1. The number of fused-ring (bicyclic) bond motifs is 1. The molecule has 4 nitrogen and oxygen atoms in total. The number of hydrogen-bond acceptors (Lipinski definition) is 3. The number of carbonyl (C=O) groups excluding carboxylic acids is 1. The van der Waals surface area contributed by atoms with Crippen LogP contribution in [0.2, 0.25) is 0 Å². The Labute approximate surface area is 137 Å². The molecule has 0 bridgehead atoms. The van der Waals surface area contributed by atoms with Gasteiger partial charge in [0, 0.05) is 50.2 Å². The molecule has 120 valence electrons. The molecular formula is C19H23N3O. The molecule has 23 heavy (non-hydrogen) atoms. The summed E-state index contributed by atoms with van der Waals surface area (Å²) in [5.41, 5.74) is 3.41. The molecule has 0 spiro atoms. The number of benzene rings is 1. The summed E-state index contributed by atoms with van der Waals surface area (Å²) in [6.45, 7) is 3.66. The summed E-state index contributed by atoms with van der Waals surface area (Å²) in [6, 6.07) is 14.4. The van der Waals surface area contributed by atoms with Crippen LogP contribution < -0.4 is 4.90 Å². The number of nitrogens with zero attached hydrogens (tertiary/aromatic N) is 3. The van der Waals surface area contributed by atoms with Gasteiger partial charge in [0.05, 0.1) is 0 Å². The van der Waals surface area contributed by atoms with Crippen molar-refractivity contribution in [3.8, 4) is 0 Å². The zero-order valence-electron chi connectivity index (χ0n) is 13.8. The summed E-state index contributed by atoms with van der Waals surface area (Å²) in [5.74, 6) is 0.202. The molecule has 0 N–H and O–H groups in total. The maximum absolute atomic E-state index is 12.7. The van der Waals surface area contributed by atoms with Gasteiger partial charge in [0.25, 0.3) is 0 Å². The predicted molar refractivity (Wildman–Crippen MR) is 92.3 cm³/mol. The van der Waals surface area contributed by atoms with Gasteiger partial charge in [0.2, 0.25) is 5.91 Å². The van der Waals surface area contributed by atoms with Crippen LogP contribution in [0.15, 0.2) is 48.7 Å². The summed E-state index contributed by atoms with van der Waals surface area (Å²) in [5, 5.41) is 0. The van der Waals surface area contributed by atoms with Crippen LogP contribution in [0, 0.1) is 0 Å². The van der Waals surface area contributed by atoms with E-state index < -0.39 is 0 Å². The van der Waals surface area contributed by atoms with Gasteiger partial charge in [-0.2, -0.15) is 0 Å². The fourth-order valence-electron chi connectivity index (χ4n) is 3.21. The van der Waals surface area contributed by atoms with Crippen LogP contribution in [0.3, 0.4) is 0 Å². The molecule has 0 radical (unpaired) electrons. The second kappa shape index (κ2) is 6.82. The highest BCUT2D eigenvalue weighted by Gasteiger charge is 2.26. The zero-order chi connectivity index (χ0) is 16.2. The lowest BCUT2D eigenvalue weighted by Gasteiger charge is -2.28. The highest BCUT2D eigenvalue weighted by atomic mass is 16.2. The van der Waals surface area contributed by atoms with Crippen molar-refractivity contribution in [1.29, 1.82) is 0 Å². The van der Waals surface area contributed by atoms with Gasteiger partial charge in [-0.15, -0.1) is 0 Å². The third kappa shape index (κ3) is 3.52. The minimum absolute atomic E-state index is 0.198. The fraction of sp³-hybridized carbons (Fsp3) is 0.368. The molecule has 0 fully saturated rings. The van der Waals surface area contributed by atoms with E-state index in [1.807, 2.05) is 29.2 Å². The number of likely N-dealkylation sites (N-methyl/N-ethyl adjacent to an activating group) is 1. The normalized spacial score (nSPS) is 17.6. The molecule has 1 unspecified atom stereocenters. The first-order chi connectivity index (χ1) is 11.1. The van der Waals surface area contributed by atoms with Gasteiger partial charge in [0.15, 0.2) is 0 Å². The van der Waals surface area contributed by atoms with E-state index in [0.717, 1.165) is 12.2 Å². The molecule has 1 aromatic carbocycles. The second-order valence-corrected chi connectivity index (χ2v) is 6.20. The number of rotatable bonds is 3. The van der Waals surface area contributed by atoms with Crippen molar-refractivity contribution < 1.29 is 4.79 Å². The summed E-state index contributed by atoms with van der Waals surface area (Å²) < 4.78 is 0. The van der Waals surface area contributed by atoms with E-state index in [9.17, 15) is 4.79 Å². The van der Waals surface area contributed by atoms with Gasteiger partial charge in [0.1, 0.15) is 0 Å². The van der Waals surface area contributed by atoms with E-state index >= 15 is 0 Å². The van der Waals surface area contributed by atoms with Crippen molar-refractivity contribution in [1.82, 2.24) is 9.88 Å². The van der Waals surface area contributed by atoms with Crippen molar-refractivity contribution >= 4 is 11.6 Å². The number of aryl methyl sites for hydroxylation is 1. The predicted octanol–water partition coefficient (Wildman–Crippen LogP) is 2.88. The number of hydrogen-bond donors (Lipinski definition) is 0. The van der Waals surface area contributed by atoms with Crippen molar-refractivity contribution in [2.45, 2.75) is 32.4 Å². The Morgan fingerprint density at radius 1 is 1.22 bits per heavy atom. The zero-order valence-corrected chi connectivity index (χ0v) is 13.8. The van der Waals surface area contributed by atoms with Crippen LogP contribution >= 0.6 is 0 Å². The molecule has 2 heterocycles. The Hall–Kier alpha value is -2.36. The SMILES string of the molecule is CC1CN(C)c2ccccc2CN1C(=O)CCc1ccccn1. The van der Waals surface area contributed by atoms with Gasteiger partial charge in [-0.05, 0) is 37.1 Å². The topological polar surface area (TPSA) is 36.4 Å². The van der Waals surface area contributed by atoms with Crippen LogP contribution in [0.5, 0.6) is 0 Å². The lowest BCUT2D eigenvalue weighted by atomic mass is 10.1. The molecular weight excluding hydrogens is 286 g/mol. The van der Waals surface area contributed by atoms with E-state index in [-0.39, 0.29) is 11.9 Å². The first-order valence-electron chi connectivity index (χ1n) is 8.13. The maximum Gasteiger partial charge on any atom is 0.223 e. The van der Waals surface area contributed by atoms with Gasteiger partial charge < -0.3 is 9.80 Å². The molecule has 1 aliphatic heterocycles. The summed E-state index contributed by atoms with van der Waals surface area (Å²) >= 11 is 0. The molecule has 2 aromatic rings. The number of amides is 1. The second-order valence-electron chi connectivity index (χ2n) is 6.20. The smallest absolute Gasteiger partial charge is 0.223 e. The molecule has 4 heteroatoms. The van der Waals surface area contributed by atoms with Crippen molar-refractivity contribution in [2.24, 2.45) is 0 Å². The molecule has 0 aliphatic carbocycles. The maximum atomic E-state index is 12.7. The highest BCUT2D eigenvalue weighted by molar-refractivity contribution is 5.77. The lowest BCUT2D eigenvalue weighted by molar-refractivity contribution is -0.133. The number of anilines is 1. The third-order valence-electron chi connectivity index (χ3n) is 4.46. The molecule has 0 saturated heterocycles. The van der Waals surface area contributed by atoms with Crippen LogP contribution in [-0.4, -0.2) is 35.4 Å². The van der Waals surface area contributed by atoms with Crippen LogP contribution in [-0.2, 0) is 17.8 Å². The number of carbonyl (C=O) groups is 1. The average molecular weight is 309 g/mol. The van der Waals surface area contributed by atoms with Gasteiger partial charge in [-0.25, -0.2) is 0 Å². The highest BCUT2D eigenvalue weighted by Crippen LogP contribution is 2.26. The molecule has 3 rings (SSSR count). The Kier molecular flexibility index (Phi) is 4.60. The van der Waals surface area contributed by atoms with Crippen LogP contribution in [0.25, 0.3) is 0 Å². The monoisotopic (exact) mass is 309 g/mol. The first kappa shape index (κ1) is 15.5. The van der Waals surface area contributed by atoms with Crippen molar-refractivity contribution in [3.05, 3.63) is 59.9 Å². The molecule has 1 aromatic heterocycles. The third-order valence-corrected chi connectivity index (χ3v) is 4.46. The van der Waals surface area contributed by atoms with Gasteiger partial charge in [-0.1, -0.05) is 24.3 Å². The standard InChI is InChI=1S/C19H23N3O/c1-15-13-21(2)18-9-4-3-7-16(18)14-22(15)19(23)11-10-17-8-5-6-12-20-17/h3-9,12,15H,10-11,13-14H2,1-2H3. The molecule has 0 saturated carbocycles. The van der Waals surface area contributed by atoms with Crippen molar-refractivity contribution in [3.63, 3.8) is 0 Å². The first-order valence-corrected chi connectivity index (χ1v) is 8.13. The number of aromatic nitrogens is 1. The Morgan fingerprint density at radius 3 is 2.78 bits per heavy atom. The molecule has 1 amide bonds. The quantitative estimate of drug-likeness (QED) is 0.875. The summed E-state index contributed by atoms with van der Waals surface area (Å²) in [4.78, 5) is 21.3. The number of para-hydroxylation sites is 1. The van der Waals surface area contributed by atoms with E-state index in [1.54, 1.807) is 6.20 Å². The van der Waals surface area contributed by atoms with E-state index in [1.165, 1.54) is 11.3 Å². The molecule has 1 aliphatic rings. The van der Waals surface area contributed by atoms with E-state index in [2.05, 4.69) is 42.1 Å². The largest absolute Gasteiger partial charge is 0.372 e. The van der Waals surface area contributed by atoms with Crippen LogP contribution in [0.1, 0.15) is 24.6 Å².